The number of methoxy groups -OCH3 is 1. The molecule has 6 nitrogen and oxygen atoms in total. The number of benzene rings is 2. The first-order chi connectivity index (χ1) is 11.6. The van der Waals surface area contributed by atoms with Crippen LogP contribution in [0.3, 0.4) is 0 Å². The predicted octanol–water partition coefficient (Wildman–Crippen LogP) is 2.46. The number of anilines is 1. The van der Waals surface area contributed by atoms with Gasteiger partial charge in [0.1, 0.15) is 11.5 Å². The maximum Gasteiger partial charge on any atom is 0.251 e. The average molecular weight is 328 g/mol. The largest absolute Gasteiger partial charge is 0.497 e. The van der Waals surface area contributed by atoms with E-state index in [9.17, 15) is 9.59 Å². The van der Waals surface area contributed by atoms with E-state index in [4.69, 9.17) is 9.47 Å². The second-order valence-electron chi connectivity index (χ2n) is 4.92. The van der Waals surface area contributed by atoms with Gasteiger partial charge < -0.3 is 20.1 Å². The molecular formula is C18H20N2O4. The number of rotatable bonds is 7. The maximum absolute atomic E-state index is 12.0. The van der Waals surface area contributed by atoms with Gasteiger partial charge in [-0.3, -0.25) is 9.59 Å². The van der Waals surface area contributed by atoms with Crippen LogP contribution in [0.25, 0.3) is 0 Å². The van der Waals surface area contributed by atoms with E-state index in [1.165, 1.54) is 7.11 Å². The number of amides is 2. The van der Waals surface area contributed by atoms with Gasteiger partial charge >= 0.3 is 0 Å². The van der Waals surface area contributed by atoms with Crippen LogP contribution < -0.4 is 20.1 Å². The van der Waals surface area contributed by atoms with E-state index in [0.29, 0.717) is 23.6 Å². The van der Waals surface area contributed by atoms with Gasteiger partial charge in [-0.2, -0.15) is 0 Å². The fraction of sp³-hybridized carbons (Fsp3) is 0.222. The van der Waals surface area contributed by atoms with Crippen LogP contribution in [0, 0.1) is 0 Å². The maximum atomic E-state index is 12.0. The Kier molecular flexibility index (Phi) is 6.19. The Hall–Kier alpha value is -3.02. The zero-order valence-corrected chi connectivity index (χ0v) is 13.7. The predicted molar refractivity (Wildman–Crippen MR) is 91.6 cm³/mol. The molecular weight excluding hydrogens is 308 g/mol. The van der Waals surface area contributed by atoms with Gasteiger partial charge in [-0.25, -0.2) is 0 Å². The quantitative estimate of drug-likeness (QED) is 0.818. The smallest absolute Gasteiger partial charge is 0.251 e. The molecule has 0 spiro atoms. The molecule has 0 atom stereocenters. The third kappa shape index (κ3) is 5.01. The van der Waals surface area contributed by atoms with E-state index in [1.54, 1.807) is 48.5 Å². The molecule has 0 bridgehead atoms. The Labute approximate surface area is 140 Å². The van der Waals surface area contributed by atoms with Crippen LogP contribution in [-0.4, -0.2) is 32.1 Å². The Bertz CT molecular complexity index is 698. The summed E-state index contributed by atoms with van der Waals surface area (Å²) >= 11 is 0. The van der Waals surface area contributed by atoms with Crippen molar-refractivity contribution in [2.45, 2.75) is 6.92 Å². The SMILES string of the molecule is CCOc1ccc(NC(=O)CNC(=O)c2cccc(OC)c2)cc1. The molecule has 0 heterocycles. The number of carbonyl (C=O) groups excluding carboxylic acids is 2. The van der Waals surface area contributed by atoms with Crippen molar-refractivity contribution in [3.8, 4) is 11.5 Å². The lowest BCUT2D eigenvalue weighted by molar-refractivity contribution is -0.115. The summed E-state index contributed by atoms with van der Waals surface area (Å²) in [5.74, 6) is 0.675. The molecule has 0 aromatic heterocycles. The normalized spacial score (nSPS) is 9.92. The first kappa shape index (κ1) is 17.3. The zero-order valence-electron chi connectivity index (χ0n) is 13.7. The van der Waals surface area contributed by atoms with Gasteiger partial charge in [-0.05, 0) is 49.4 Å². The minimum Gasteiger partial charge on any atom is -0.497 e. The molecule has 6 heteroatoms. The first-order valence-corrected chi connectivity index (χ1v) is 7.57. The molecule has 0 saturated heterocycles. The van der Waals surface area contributed by atoms with Crippen molar-refractivity contribution in [1.29, 1.82) is 0 Å². The molecule has 126 valence electrons. The second-order valence-corrected chi connectivity index (χ2v) is 4.92. The van der Waals surface area contributed by atoms with Gasteiger partial charge in [0.15, 0.2) is 0 Å². The Morgan fingerprint density at radius 3 is 2.46 bits per heavy atom. The molecule has 2 aromatic rings. The van der Waals surface area contributed by atoms with Gasteiger partial charge in [0.2, 0.25) is 5.91 Å². The molecule has 24 heavy (non-hydrogen) atoms. The van der Waals surface area contributed by atoms with E-state index >= 15 is 0 Å². The molecule has 0 saturated carbocycles. The topological polar surface area (TPSA) is 76.7 Å². The van der Waals surface area contributed by atoms with Gasteiger partial charge in [0, 0.05) is 11.3 Å². The van der Waals surface area contributed by atoms with Crippen LogP contribution >= 0.6 is 0 Å². The highest BCUT2D eigenvalue weighted by Gasteiger charge is 2.09. The van der Waals surface area contributed by atoms with E-state index < -0.39 is 0 Å². The lowest BCUT2D eigenvalue weighted by Gasteiger charge is -2.09. The molecule has 2 amide bonds. The number of hydrogen-bond acceptors (Lipinski definition) is 4. The number of hydrogen-bond donors (Lipinski definition) is 2. The van der Waals surface area contributed by atoms with E-state index in [2.05, 4.69) is 10.6 Å². The summed E-state index contributed by atoms with van der Waals surface area (Å²) in [5.41, 5.74) is 1.07. The monoisotopic (exact) mass is 328 g/mol. The third-order valence-corrected chi connectivity index (χ3v) is 3.19. The van der Waals surface area contributed by atoms with Crippen molar-refractivity contribution in [3.63, 3.8) is 0 Å². The summed E-state index contributed by atoms with van der Waals surface area (Å²) in [6.07, 6.45) is 0. The van der Waals surface area contributed by atoms with Gasteiger partial charge in [-0.15, -0.1) is 0 Å². The van der Waals surface area contributed by atoms with Crippen molar-refractivity contribution in [1.82, 2.24) is 5.32 Å². The molecule has 0 unspecified atom stereocenters. The van der Waals surface area contributed by atoms with E-state index in [-0.39, 0.29) is 18.4 Å². The van der Waals surface area contributed by atoms with Crippen LogP contribution in [0.2, 0.25) is 0 Å². The highest BCUT2D eigenvalue weighted by atomic mass is 16.5. The van der Waals surface area contributed by atoms with Crippen LogP contribution in [-0.2, 0) is 4.79 Å². The summed E-state index contributed by atoms with van der Waals surface area (Å²) < 4.78 is 10.4. The highest BCUT2D eigenvalue weighted by molar-refractivity contribution is 5.99. The number of carbonyl (C=O) groups is 2. The number of ether oxygens (including phenoxy) is 2. The summed E-state index contributed by atoms with van der Waals surface area (Å²) in [7, 11) is 1.53. The van der Waals surface area contributed by atoms with Crippen LogP contribution in [0.4, 0.5) is 5.69 Å². The Morgan fingerprint density at radius 1 is 1.04 bits per heavy atom. The number of nitrogens with one attached hydrogen (secondary N) is 2. The van der Waals surface area contributed by atoms with Gasteiger partial charge in [0.25, 0.3) is 5.91 Å². The van der Waals surface area contributed by atoms with Crippen LogP contribution in [0.5, 0.6) is 11.5 Å². The lowest BCUT2D eigenvalue weighted by atomic mass is 10.2. The fourth-order valence-electron chi connectivity index (χ4n) is 2.03. The lowest BCUT2D eigenvalue weighted by Crippen LogP contribution is -2.32. The van der Waals surface area contributed by atoms with Gasteiger partial charge in [0.05, 0.1) is 20.3 Å². The van der Waals surface area contributed by atoms with Crippen molar-refractivity contribution >= 4 is 17.5 Å². The van der Waals surface area contributed by atoms with Crippen molar-refractivity contribution in [2.75, 3.05) is 25.6 Å². The van der Waals surface area contributed by atoms with Crippen LogP contribution in [0.1, 0.15) is 17.3 Å². The highest BCUT2D eigenvalue weighted by Crippen LogP contribution is 2.15. The molecule has 0 aliphatic heterocycles. The van der Waals surface area contributed by atoms with Gasteiger partial charge in [-0.1, -0.05) is 6.07 Å². The summed E-state index contributed by atoms with van der Waals surface area (Å²) in [5, 5.41) is 5.28. The molecule has 2 aromatic carbocycles. The molecule has 0 aliphatic carbocycles. The van der Waals surface area contributed by atoms with Crippen molar-refractivity contribution < 1.29 is 19.1 Å². The summed E-state index contributed by atoms with van der Waals surface area (Å²) in [4.78, 5) is 23.9. The van der Waals surface area contributed by atoms with Crippen molar-refractivity contribution in [2.24, 2.45) is 0 Å². The Balaban J connectivity index is 1.84. The molecule has 0 radical (unpaired) electrons. The molecule has 2 rings (SSSR count). The summed E-state index contributed by atoms with van der Waals surface area (Å²) in [6.45, 7) is 2.37. The zero-order chi connectivity index (χ0) is 17.4. The van der Waals surface area contributed by atoms with Crippen molar-refractivity contribution in [3.05, 3.63) is 54.1 Å². The summed E-state index contributed by atoms with van der Waals surface area (Å²) in [6, 6.07) is 13.8. The van der Waals surface area contributed by atoms with E-state index in [0.717, 1.165) is 5.75 Å². The van der Waals surface area contributed by atoms with E-state index in [1.807, 2.05) is 6.92 Å². The minimum absolute atomic E-state index is 0.122. The first-order valence-electron chi connectivity index (χ1n) is 7.57. The Morgan fingerprint density at radius 2 is 1.79 bits per heavy atom. The molecule has 0 fully saturated rings. The molecule has 2 N–H and O–H groups in total. The van der Waals surface area contributed by atoms with Crippen LogP contribution in [0.15, 0.2) is 48.5 Å². The third-order valence-electron chi connectivity index (χ3n) is 3.19. The average Bonchev–Trinajstić information content (AvgIpc) is 2.61. The second kappa shape index (κ2) is 8.57. The minimum atomic E-state index is -0.337. The fourth-order valence-corrected chi connectivity index (χ4v) is 2.03. The standard InChI is InChI=1S/C18H20N2O4/c1-3-24-15-9-7-14(8-10-15)20-17(21)12-19-18(22)13-5-4-6-16(11-13)23-2/h4-11H,3,12H2,1-2H3,(H,19,22)(H,20,21). The molecule has 0 aliphatic rings.